The maximum Gasteiger partial charge on any atom is 0.269 e. The van der Waals surface area contributed by atoms with E-state index in [-0.39, 0.29) is 30.2 Å². The number of hydrogen-bond donors (Lipinski definition) is 1. The van der Waals surface area contributed by atoms with Crippen LogP contribution in [-0.4, -0.2) is 35.6 Å². The summed E-state index contributed by atoms with van der Waals surface area (Å²) in [6, 6.07) is 10.4. The molecule has 2 heterocycles. The number of hydrogen-bond acceptors (Lipinski definition) is 6. The van der Waals surface area contributed by atoms with Crippen LogP contribution in [0.15, 0.2) is 46.9 Å². The summed E-state index contributed by atoms with van der Waals surface area (Å²) in [7, 11) is 1.50. The molecule has 3 aromatic rings. The predicted octanol–water partition coefficient (Wildman–Crippen LogP) is 3.43. The number of nitrogens with zero attached hydrogens (tertiary/aromatic N) is 3. The third-order valence-corrected chi connectivity index (χ3v) is 5.06. The Labute approximate surface area is 189 Å². The third-order valence-electron chi connectivity index (χ3n) is 4.64. The van der Waals surface area contributed by atoms with E-state index in [4.69, 9.17) is 21.1 Å². The maximum atomic E-state index is 13.3. The van der Waals surface area contributed by atoms with Crippen molar-refractivity contribution in [2.75, 3.05) is 20.3 Å². The van der Waals surface area contributed by atoms with Gasteiger partial charge in [-0.15, -0.1) is 0 Å². The lowest BCUT2D eigenvalue weighted by atomic mass is 10.1. The van der Waals surface area contributed by atoms with E-state index in [1.54, 1.807) is 30.5 Å². The van der Waals surface area contributed by atoms with E-state index in [9.17, 15) is 14.9 Å². The molecule has 164 valence electrons. The number of nitriles is 1. The number of ether oxygens (including phenoxy) is 2. The van der Waals surface area contributed by atoms with Gasteiger partial charge < -0.3 is 14.8 Å². The average Bonchev–Trinajstić information content (AvgIpc) is 2.77. The summed E-state index contributed by atoms with van der Waals surface area (Å²) in [5.74, 6) is -0.246. The predicted molar refractivity (Wildman–Crippen MR) is 121 cm³/mol. The third kappa shape index (κ3) is 4.97. The molecule has 0 aliphatic rings. The van der Waals surface area contributed by atoms with E-state index in [2.05, 4.69) is 10.3 Å². The van der Waals surface area contributed by atoms with Crippen LogP contribution < -0.4 is 15.6 Å². The number of amides is 1. The molecule has 2 aromatic heterocycles. The Kier molecular flexibility index (Phi) is 7.25. The molecule has 1 amide bonds. The number of carbonyl (C=O) groups excluding carboxylic acids is 1. The van der Waals surface area contributed by atoms with Gasteiger partial charge in [-0.2, -0.15) is 10.2 Å². The fraction of sp³-hybridized carbons (Fsp3) is 0.217. The topological polar surface area (TPSA) is 106 Å². The van der Waals surface area contributed by atoms with Gasteiger partial charge in [0.1, 0.15) is 28.6 Å². The molecule has 0 saturated carbocycles. The molecule has 0 fully saturated rings. The van der Waals surface area contributed by atoms with Crippen molar-refractivity contribution < 1.29 is 14.3 Å². The van der Waals surface area contributed by atoms with Gasteiger partial charge in [0.05, 0.1) is 6.61 Å². The van der Waals surface area contributed by atoms with Gasteiger partial charge in [-0.05, 0) is 55.3 Å². The quantitative estimate of drug-likeness (QED) is 0.334. The Bertz CT molecular complexity index is 1310. The van der Waals surface area contributed by atoms with Crippen molar-refractivity contribution in [3.05, 3.63) is 74.2 Å². The van der Waals surface area contributed by atoms with Crippen LogP contribution in [0.25, 0.3) is 11.7 Å². The minimum atomic E-state index is -0.633. The summed E-state index contributed by atoms with van der Waals surface area (Å²) in [5.41, 5.74) is 1.18. The number of aromatic nitrogens is 2. The fourth-order valence-corrected chi connectivity index (χ4v) is 3.06. The highest BCUT2D eigenvalue weighted by Gasteiger charge is 2.18. The highest BCUT2D eigenvalue weighted by atomic mass is 35.5. The van der Waals surface area contributed by atoms with Crippen LogP contribution in [0.1, 0.15) is 16.7 Å². The van der Waals surface area contributed by atoms with Crippen molar-refractivity contribution in [1.82, 2.24) is 14.7 Å². The van der Waals surface area contributed by atoms with Crippen LogP contribution in [0.3, 0.4) is 0 Å². The molecule has 3 rings (SSSR count). The first-order valence-electron chi connectivity index (χ1n) is 9.70. The first kappa shape index (κ1) is 23.0. The minimum absolute atomic E-state index is 0.0246. The van der Waals surface area contributed by atoms with Crippen molar-refractivity contribution in [3.8, 4) is 17.7 Å². The first-order valence-corrected chi connectivity index (χ1v) is 10.1. The molecular formula is C23H21ClN4O4. The normalized spacial score (nSPS) is 11.3. The molecule has 0 saturated heterocycles. The smallest absolute Gasteiger partial charge is 0.269 e. The van der Waals surface area contributed by atoms with Crippen LogP contribution in [0.5, 0.6) is 11.6 Å². The van der Waals surface area contributed by atoms with Gasteiger partial charge in [0.2, 0.25) is 5.88 Å². The number of fused-ring (bicyclic) bond motifs is 1. The zero-order chi connectivity index (χ0) is 23.3. The number of carbonyl (C=O) groups is 1. The zero-order valence-corrected chi connectivity index (χ0v) is 18.6. The Balaban J connectivity index is 2.16. The molecule has 0 radical (unpaired) electrons. The first-order chi connectivity index (χ1) is 15.3. The molecule has 8 nitrogen and oxygen atoms in total. The number of aryl methyl sites for hydroxylation is 2. The Morgan fingerprint density at radius 1 is 1.31 bits per heavy atom. The van der Waals surface area contributed by atoms with E-state index < -0.39 is 11.5 Å². The van der Waals surface area contributed by atoms with Gasteiger partial charge in [-0.25, -0.2) is 0 Å². The van der Waals surface area contributed by atoms with E-state index in [1.165, 1.54) is 17.6 Å². The molecule has 1 N–H and O–H groups in total. The molecule has 0 aliphatic heterocycles. The number of benzene rings is 1. The summed E-state index contributed by atoms with van der Waals surface area (Å²) in [4.78, 5) is 30.2. The minimum Gasteiger partial charge on any atom is -0.438 e. The summed E-state index contributed by atoms with van der Waals surface area (Å²) >= 11 is 6.09. The van der Waals surface area contributed by atoms with Crippen LogP contribution in [0.4, 0.5) is 0 Å². The zero-order valence-electron chi connectivity index (χ0n) is 17.8. The molecule has 0 aliphatic carbocycles. The number of rotatable bonds is 7. The van der Waals surface area contributed by atoms with Gasteiger partial charge in [-0.1, -0.05) is 17.7 Å². The van der Waals surface area contributed by atoms with Crippen molar-refractivity contribution in [2.45, 2.75) is 13.8 Å². The van der Waals surface area contributed by atoms with Crippen molar-refractivity contribution in [2.24, 2.45) is 0 Å². The lowest BCUT2D eigenvalue weighted by Crippen LogP contribution is -2.28. The lowest BCUT2D eigenvalue weighted by molar-refractivity contribution is -0.117. The molecule has 0 atom stereocenters. The second-order valence-corrected chi connectivity index (χ2v) is 7.36. The van der Waals surface area contributed by atoms with Crippen molar-refractivity contribution in [3.63, 3.8) is 0 Å². The van der Waals surface area contributed by atoms with Crippen LogP contribution >= 0.6 is 11.6 Å². The molecular weight excluding hydrogens is 432 g/mol. The van der Waals surface area contributed by atoms with Gasteiger partial charge in [0, 0.05) is 24.9 Å². The standard InChI is InChI=1S/C23H21ClN4O4/c1-14-5-4-9-28-20(14)27-22(32-17-6-7-19(24)15(2)11-17)18(23(28)30)12-16(13-25)21(29)26-8-10-31-3/h4-7,9,11-12H,8,10H2,1-3H3,(H,26,29). The van der Waals surface area contributed by atoms with Crippen LogP contribution in [0.2, 0.25) is 5.02 Å². The molecule has 0 spiro atoms. The number of halogens is 1. The average molecular weight is 453 g/mol. The van der Waals surface area contributed by atoms with Gasteiger partial charge in [0.25, 0.3) is 11.5 Å². The van der Waals surface area contributed by atoms with E-state index in [0.717, 1.165) is 11.1 Å². The van der Waals surface area contributed by atoms with Gasteiger partial charge >= 0.3 is 0 Å². The van der Waals surface area contributed by atoms with Crippen LogP contribution in [0, 0.1) is 25.2 Å². The molecule has 1 aromatic carbocycles. The Morgan fingerprint density at radius 3 is 2.78 bits per heavy atom. The van der Waals surface area contributed by atoms with Gasteiger partial charge in [-0.3, -0.25) is 14.0 Å². The monoisotopic (exact) mass is 452 g/mol. The van der Waals surface area contributed by atoms with E-state index in [1.807, 2.05) is 26.0 Å². The summed E-state index contributed by atoms with van der Waals surface area (Å²) < 4.78 is 12.2. The summed E-state index contributed by atoms with van der Waals surface area (Å²) in [5, 5.41) is 12.6. The maximum absolute atomic E-state index is 13.3. The fourth-order valence-electron chi connectivity index (χ4n) is 2.94. The van der Waals surface area contributed by atoms with Crippen molar-refractivity contribution in [1.29, 1.82) is 5.26 Å². The SMILES string of the molecule is COCCNC(=O)C(C#N)=Cc1c(Oc2ccc(Cl)c(C)c2)nc2c(C)cccn2c1=O. The number of pyridine rings is 1. The Morgan fingerprint density at radius 2 is 2.09 bits per heavy atom. The summed E-state index contributed by atoms with van der Waals surface area (Å²) in [6.45, 7) is 4.14. The van der Waals surface area contributed by atoms with Gasteiger partial charge in [0.15, 0.2) is 0 Å². The highest BCUT2D eigenvalue weighted by molar-refractivity contribution is 6.31. The lowest BCUT2D eigenvalue weighted by Gasteiger charge is -2.12. The second kappa shape index (κ2) is 10.1. The molecule has 32 heavy (non-hydrogen) atoms. The Hall–Kier alpha value is -3.67. The molecule has 0 bridgehead atoms. The van der Waals surface area contributed by atoms with Crippen molar-refractivity contribution >= 4 is 29.2 Å². The molecule has 0 unspecified atom stereocenters. The number of methoxy groups -OCH3 is 1. The largest absolute Gasteiger partial charge is 0.438 e. The van der Waals surface area contributed by atoms with Crippen LogP contribution in [-0.2, 0) is 9.53 Å². The summed E-state index contributed by atoms with van der Waals surface area (Å²) in [6.07, 6.45) is 2.75. The second-order valence-electron chi connectivity index (χ2n) is 6.95. The highest BCUT2D eigenvalue weighted by Crippen LogP contribution is 2.27. The van der Waals surface area contributed by atoms with E-state index in [0.29, 0.717) is 16.4 Å². The molecule has 9 heteroatoms. The number of nitrogens with one attached hydrogen (secondary N) is 1. The van der Waals surface area contributed by atoms with E-state index >= 15 is 0 Å².